The average molecular weight is 406 g/mol. The Balaban J connectivity index is 1.54. The van der Waals surface area contributed by atoms with Crippen molar-refractivity contribution in [2.45, 2.75) is 142 Å². The topological polar surface area (TPSA) is 42.2 Å². The summed E-state index contributed by atoms with van der Waals surface area (Å²) in [6.45, 7) is 4.99. The van der Waals surface area contributed by atoms with Gasteiger partial charge in [0.2, 0.25) is 0 Å². The van der Waals surface area contributed by atoms with Crippen LogP contribution in [0.1, 0.15) is 129 Å². The van der Waals surface area contributed by atoms with E-state index >= 15 is 0 Å². The first kappa shape index (κ1) is 24.7. The molecular weight excluding hydrogens is 358 g/mol. The first-order chi connectivity index (χ1) is 14.2. The fourth-order valence-corrected chi connectivity index (χ4v) is 5.30. The van der Waals surface area contributed by atoms with Gasteiger partial charge in [0.15, 0.2) is 0 Å². The first-order valence-electron chi connectivity index (χ1n) is 12.9. The monoisotopic (exact) mass is 405 g/mol. The summed E-state index contributed by atoms with van der Waals surface area (Å²) in [5, 5.41) is 9.75. The number of hydrogen-bond acceptors (Lipinski definition) is 3. The van der Waals surface area contributed by atoms with Crippen molar-refractivity contribution in [2.24, 2.45) is 11.3 Å². The van der Waals surface area contributed by atoms with Crippen LogP contribution < -0.4 is 0 Å². The summed E-state index contributed by atoms with van der Waals surface area (Å²) >= 11 is 0. The zero-order chi connectivity index (χ0) is 20.8. The van der Waals surface area contributed by atoms with Crippen LogP contribution in [0.5, 0.6) is 0 Å². The molecule has 0 heterocycles. The van der Waals surface area contributed by atoms with E-state index in [1.54, 1.807) is 0 Å². The highest BCUT2D eigenvalue weighted by Gasteiger charge is 2.35. The van der Waals surface area contributed by atoms with Gasteiger partial charge in [-0.1, -0.05) is 71.6 Å². The van der Waals surface area contributed by atoms with Crippen LogP contribution in [0.15, 0.2) is 0 Å². The predicted octanol–water partition coefficient (Wildman–Crippen LogP) is 7.93. The molecular formula is C26H47NO2. The van der Waals surface area contributed by atoms with Gasteiger partial charge in [-0.15, -0.1) is 0 Å². The lowest BCUT2D eigenvalue weighted by Gasteiger charge is -2.35. The van der Waals surface area contributed by atoms with Gasteiger partial charge in [0, 0.05) is 0 Å². The van der Waals surface area contributed by atoms with Crippen molar-refractivity contribution in [3.05, 3.63) is 0 Å². The number of unbranched alkanes of at least 4 members (excludes halogenated alkanes) is 6. The molecule has 0 N–H and O–H groups in total. The molecule has 0 aromatic rings. The second kappa shape index (κ2) is 14.4. The minimum Gasteiger partial charge on any atom is -0.352 e. The van der Waals surface area contributed by atoms with Crippen molar-refractivity contribution in [1.82, 2.24) is 0 Å². The van der Waals surface area contributed by atoms with E-state index in [0.29, 0.717) is 19.0 Å². The van der Waals surface area contributed by atoms with E-state index in [2.05, 4.69) is 19.9 Å². The van der Waals surface area contributed by atoms with Gasteiger partial charge in [-0.05, 0) is 63.7 Å². The van der Waals surface area contributed by atoms with E-state index in [-0.39, 0.29) is 5.41 Å². The Morgan fingerprint density at radius 3 is 1.97 bits per heavy atom. The molecule has 2 rings (SSSR count). The number of rotatable bonds is 14. The van der Waals surface area contributed by atoms with E-state index in [1.165, 1.54) is 83.5 Å². The van der Waals surface area contributed by atoms with Crippen LogP contribution in [0.4, 0.5) is 0 Å². The van der Waals surface area contributed by atoms with Gasteiger partial charge in [-0.3, -0.25) is 0 Å². The zero-order valence-electron chi connectivity index (χ0n) is 19.4. The Labute approximate surface area is 180 Å². The number of nitrogens with zero attached hydrogens (tertiary/aromatic N) is 1. The second-order valence-electron chi connectivity index (χ2n) is 9.85. The number of hydrogen-bond donors (Lipinski definition) is 0. The minimum absolute atomic E-state index is 0.0803. The normalized spacial score (nSPS) is 30.2. The third-order valence-electron chi connectivity index (χ3n) is 7.50. The van der Waals surface area contributed by atoms with E-state index < -0.39 is 0 Å². The van der Waals surface area contributed by atoms with Gasteiger partial charge < -0.3 is 9.47 Å². The summed E-state index contributed by atoms with van der Waals surface area (Å²) in [7, 11) is 0. The van der Waals surface area contributed by atoms with Gasteiger partial charge in [0.05, 0.1) is 23.7 Å². The van der Waals surface area contributed by atoms with Crippen LogP contribution in [0.3, 0.4) is 0 Å². The third-order valence-corrected chi connectivity index (χ3v) is 7.50. The Morgan fingerprint density at radius 1 is 0.759 bits per heavy atom. The van der Waals surface area contributed by atoms with Gasteiger partial charge in [0.1, 0.15) is 6.79 Å². The predicted molar refractivity (Wildman–Crippen MR) is 121 cm³/mol. The van der Waals surface area contributed by atoms with Crippen molar-refractivity contribution in [1.29, 1.82) is 5.26 Å². The molecule has 168 valence electrons. The molecule has 3 nitrogen and oxygen atoms in total. The van der Waals surface area contributed by atoms with Crippen molar-refractivity contribution >= 4 is 0 Å². The number of ether oxygens (including phenoxy) is 2. The standard InChI is InChI=1S/C26H47NO2/c1-3-5-7-8-10-18-26(21-27)19-16-25(17-20-26)29-22-28-24-14-12-23(13-15-24)11-9-6-4-2/h23-25H,3-20,22H2,1-2H3. The zero-order valence-corrected chi connectivity index (χ0v) is 19.4. The maximum Gasteiger partial charge on any atom is 0.147 e. The van der Waals surface area contributed by atoms with Crippen molar-refractivity contribution in [2.75, 3.05) is 6.79 Å². The lowest BCUT2D eigenvalue weighted by molar-refractivity contribution is -0.137. The largest absolute Gasteiger partial charge is 0.352 e. The Morgan fingerprint density at radius 2 is 1.34 bits per heavy atom. The van der Waals surface area contributed by atoms with Crippen molar-refractivity contribution in [3.8, 4) is 6.07 Å². The highest BCUT2D eigenvalue weighted by atomic mass is 16.7. The van der Waals surface area contributed by atoms with Gasteiger partial charge in [0.25, 0.3) is 0 Å². The van der Waals surface area contributed by atoms with Crippen molar-refractivity contribution in [3.63, 3.8) is 0 Å². The Kier molecular flexibility index (Phi) is 12.3. The molecule has 0 atom stereocenters. The van der Waals surface area contributed by atoms with Crippen LogP contribution in [-0.4, -0.2) is 19.0 Å². The molecule has 0 saturated heterocycles. The molecule has 0 radical (unpaired) electrons. The van der Waals surface area contributed by atoms with Crippen LogP contribution in [-0.2, 0) is 9.47 Å². The molecule has 0 aromatic carbocycles. The molecule has 0 aromatic heterocycles. The lowest BCUT2D eigenvalue weighted by atomic mass is 9.71. The SMILES string of the molecule is CCCCCCCC1(C#N)CCC(OCOC2CCC(CCCCC)CC2)CC1. The Bertz CT molecular complexity index is 442. The summed E-state index contributed by atoms with van der Waals surface area (Å²) in [4.78, 5) is 0. The first-order valence-corrected chi connectivity index (χ1v) is 12.9. The lowest BCUT2D eigenvalue weighted by Crippen LogP contribution is -2.31. The van der Waals surface area contributed by atoms with Crippen LogP contribution >= 0.6 is 0 Å². The summed E-state index contributed by atoms with van der Waals surface area (Å²) < 4.78 is 12.1. The molecule has 0 amide bonds. The summed E-state index contributed by atoms with van der Waals surface area (Å²) in [5.74, 6) is 0.932. The molecule has 2 aliphatic carbocycles. The van der Waals surface area contributed by atoms with Crippen molar-refractivity contribution < 1.29 is 9.47 Å². The fourth-order valence-electron chi connectivity index (χ4n) is 5.30. The summed E-state index contributed by atoms with van der Waals surface area (Å²) in [6.07, 6.45) is 22.9. The summed E-state index contributed by atoms with van der Waals surface area (Å²) in [5.41, 5.74) is -0.0803. The highest BCUT2D eigenvalue weighted by molar-refractivity contribution is 5.01. The van der Waals surface area contributed by atoms with Crippen LogP contribution in [0.25, 0.3) is 0 Å². The highest BCUT2D eigenvalue weighted by Crippen LogP contribution is 2.41. The third kappa shape index (κ3) is 9.39. The van der Waals surface area contributed by atoms with Gasteiger partial charge in [-0.2, -0.15) is 5.26 Å². The molecule has 29 heavy (non-hydrogen) atoms. The summed E-state index contributed by atoms with van der Waals surface area (Å²) in [6, 6.07) is 2.67. The molecule has 2 fully saturated rings. The van der Waals surface area contributed by atoms with Gasteiger partial charge in [-0.25, -0.2) is 0 Å². The fraction of sp³-hybridized carbons (Fsp3) is 0.962. The van der Waals surface area contributed by atoms with Crippen LogP contribution in [0.2, 0.25) is 0 Å². The quantitative estimate of drug-likeness (QED) is 0.218. The minimum atomic E-state index is -0.0803. The molecule has 2 aliphatic rings. The molecule has 0 aliphatic heterocycles. The van der Waals surface area contributed by atoms with E-state index in [9.17, 15) is 5.26 Å². The van der Waals surface area contributed by atoms with E-state index in [1.807, 2.05) is 0 Å². The second-order valence-corrected chi connectivity index (χ2v) is 9.85. The molecule has 0 spiro atoms. The number of nitriles is 1. The van der Waals surface area contributed by atoms with E-state index in [4.69, 9.17) is 9.47 Å². The average Bonchev–Trinajstić information content (AvgIpc) is 2.76. The molecule has 0 unspecified atom stereocenters. The smallest absolute Gasteiger partial charge is 0.147 e. The molecule has 0 bridgehead atoms. The maximum atomic E-state index is 9.75. The Hall–Kier alpha value is -0.590. The van der Waals surface area contributed by atoms with Crippen LogP contribution in [0, 0.1) is 22.7 Å². The molecule has 2 saturated carbocycles. The van der Waals surface area contributed by atoms with Gasteiger partial charge >= 0.3 is 0 Å². The maximum absolute atomic E-state index is 9.75. The van der Waals surface area contributed by atoms with E-state index in [0.717, 1.165) is 38.0 Å². The molecule has 3 heteroatoms.